The summed E-state index contributed by atoms with van der Waals surface area (Å²) in [5.74, 6) is 1.57. The Morgan fingerprint density at radius 3 is 2.84 bits per heavy atom. The van der Waals surface area contributed by atoms with Gasteiger partial charge in [-0.2, -0.15) is 0 Å². The molecule has 0 saturated carbocycles. The van der Waals surface area contributed by atoms with Crippen molar-refractivity contribution in [2.45, 2.75) is 29.9 Å². The molecule has 31 heavy (non-hydrogen) atoms. The van der Waals surface area contributed by atoms with Gasteiger partial charge in [0.25, 0.3) is 5.56 Å². The van der Waals surface area contributed by atoms with Gasteiger partial charge in [-0.3, -0.25) is 14.2 Å². The summed E-state index contributed by atoms with van der Waals surface area (Å²) in [5, 5.41) is 3.45. The molecule has 0 spiro atoms. The summed E-state index contributed by atoms with van der Waals surface area (Å²) in [5.41, 5.74) is 3.63. The number of hydrogen-bond donors (Lipinski definition) is 1. The average Bonchev–Trinajstić information content (AvgIpc) is 3.26. The topological polar surface area (TPSA) is 73.2 Å². The van der Waals surface area contributed by atoms with Gasteiger partial charge in [0, 0.05) is 24.8 Å². The van der Waals surface area contributed by atoms with Crippen LogP contribution in [0.1, 0.15) is 16.8 Å². The first-order valence-corrected chi connectivity index (χ1v) is 11.9. The lowest BCUT2D eigenvalue weighted by Gasteiger charge is -2.14. The summed E-state index contributed by atoms with van der Waals surface area (Å²) in [4.78, 5) is 31.1. The molecule has 1 amide bonds. The number of thioether (sulfide) groups is 2. The molecule has 8 heteroatoms. The summed E-state index contributed by atoms with van der Waals surface area (Å²) >= 11 is 2.81. The molecular formula is C23H23N3O3S2. The Morgan fingerprint density at radius 1 is 1.26 bits per heavy atom. The number of amides is 1. The van der Waals surface area contributed by atoms with Gasteiger partial charge in [-0.15, -0.1) is 11.8 Å². The molecule has 6 nitrogen and oxygen atoms in total. The number of carbonyl (C=O) groups excluding carboxylic acids is 1. The van der Waals surface area contributed by atoms with E-state index < -0.39 is 0 Å². The number of ether oxygens (including phenoxy) is 1. The van der Waals surface area contributed by atoms with E-state index >= 15 is 0 Å². The summed E-state index contributed by atoms with van der Waals surface area (Å²) < 4.78 is 6.90. The zero-order valence-electron chi connectivity index (χ0n) is 17.4. The Bertz CT molecular complexity index is 1160. The lowest BCUT2D eigenvalue weighted by Crippen LogP contribution is -2.27. The van der Waals surface area contributed by atoms with Crippen molar-refractivity contribution < 1.29 is 9.53 Å². The number of hydrogen-bond acceptors (Lipinski definition) is 6. The van der Waals surface area contributed by atoms with Crippen LogP contribution >= 0.6 is 23.5 Å². The third-order valence-corrected chi connectivity index (χ3v) is 6.97. The predicted molar refractivity (Wildman–Crippen MR) is 125 cm³/mol. The van der Waals surface area contributed by atoms with E-state index in [1.165, 1.54) is 29.1 Å². The standard InChI is InChI=1S/C23H23N3O3S2/c1-15-6-8-16(9-7-15)13-24-20(27)14-31-23-25-19-10-11-30-21(19)22(28)26(23)17-4-3-5-18(12-17)29-2/h3-9,12H,10-11,13-14H2,1-2H3,(H,24,27). The Hall–Kier alpha value is -2.71. The number of benzene rings is 2. The molecule has 160 valence electrons. The minimum Gasteiger partial charge on any atom is -0.497 e. The molecule has 0 unspecified atom stereocenters. The predicted octanol–water partition coefficient (Wildman–Crippen LogP) is 3.61. The van der Waals surface area contributed by atoms with Crippen molar-refractivity contribution in [1.29, 1.82) is 0 Å². The third kappa shape index (κ3) is 4.97. The Morgan fingerprint density at radius 2 is 2.06 bits per heavy atom. The van der Waals surface area contributed by atoms with Crippen LogP contribution in [0.5, 0.6) is 5.75 Å². The number of nitrogens with one attached hydrogen (secondary N) is 1. The smallest absolute Gasteiger partial charge is 0.272 e. The molecule has 0 saturated heterocycles. The van der Waals surface area contributed by atoms with Gasteiger partial charge < -0.3 is 10.1 Å². The Kier molecular flexibility index (Phi) is 6.67. The molecule has 1 aromatic heterocycles. The molecule has 0 aliphatic carbocycles. The van der Waals surface area contributed by atoms with Gasteiger partial charge in [-0.05, 0) is 24.6 Å². The summed E-state index contributed by atoms with van der Waals surface area (Å²) in [6, 6.07) is 15.4. The highest BCUT2D eigenvalue weighted by molar-refractivity contribution is 8.00. The molecule has 0 bridgehead atoms. The van der Waals surface area contributed by atoms with E-state index in [0.29, 0.717) is 28.0 Å². The van der Waals surface area contributed by atoms with Crippen LogP contribution in [0, 0.1) is 6.92 Å². The SMILES string of the molecule is COc1cccc(-n2c(SCC(=O)NCc3ccc(C)cc3)nc3c(c2=O)SCC3)c1. The van der Waals surface area contributed by atoms with Crippen LogP contribution in [0.25, 0.3) is 5.69 Å². The van der Waals surface area contributed by atoms with Crippen molar-refractivity contribution in [1.82, 2.24) is 14.9 Å². The third-order valence-electron chi connectivity index (χ3n) is 4.92. The highest BCUT2D eigenvalue weighted by atomic mass is 32.2. The minimum atomic E-state index is -0.105. The van der Waals surface area contributed by atoms with Gasteiger partial charge in [0.1, 0.15) is 5.75 Å². The van der Waals surface area contributed by atoms with Gasteiger partial charge in [-0.1, -0.05) is 47.7 Å². The average molecular weight is 454 g/mol. The van der Waals surface area contributed by atoms with Crippen molar-refractivity contribution in [3.05, 3.63) is 75.7 Å². The second-order valence-electron chi connectivity index (χ2n) is 7.16. The zero-order valence-corrected chi connectivity index (χ0v) is 19.0. The van der Waals surface area contributed by atoms with Crippen LogP contribution < -0.4 is 15.6 Å². The van der Waals surface area contributed by atoms with Crippen molar-refractivity contribution in [3.8, 4) is 11.4 Å². The molecule has 1 aliphatic heterocycles. The zero-order chi connectivity index (χ0) is 21.8. The number of fused-ring (bicyclic) bond motifs is 1. The number of methoxy groups -OCH3 is 1. The fourth-order valence-corrected chi connectivity index (χ4v) is 5.14. The van der Waals surface area contributed by atoms with E-state index in [2.05, 4.69) is 5.32 Å². The second-order valence-corrected chi connectivity index (χ2v) is 9.21. The first kappa shape index (κ1) is 21.5. The fraction of sp³-hybridized carbons (Fsp3) is 0.261. The highest BCUT2D eigenvalue weighted by Crippen LogP contribution is 2.30. The molecule has 0 radical (unpaired) electrons. The van der Waals surface area contributed by atoms with Gasteiger partial charge in [0.15, 0.2) is 5.16 Å². The van der Waals surface area contributed by atoms with Crippen LogP contribution in [0.2, 0.25) is 0 Å². The maximum absolute atomic E-state index is 13.2. The molecule has 1 aliphatic rings. The largest absolute Gasteiger partial charge is 0.497 e. The van der Waals surface area contributed by atoms with E-state index in [1.54, 1.807) is 17.7 Å². The van der Waals surface area contributed by atoms with Crippen molar-refractivity contribution >= 4 is 29.4 Å². The van der Waals surface area contributed by atoms with Gasteiger partial charge >= 0.3 is 0 Å². The van der Waals surface area contributed by atoms with Crippen molar-refractivity contribution in [3.63, 3.8) is 0 Å². The van der Waals surface area contributed by atoms with E-state index in [4.69, 9.17) is 9.72 Å². The van der Waals surface area contributed by atoms with Crippen LogP contribution in [0.4, 0.5) is 0 Å². The normalized spacial score (nSPS) is 12.5. The quantitative estimate of drug-likeness (QED) is 0.435. The molecule has 3 aromatic rings. The fourth-order valence-electron chi connectivity index (χ4n) is 3.25. The van der Waals surface area contributed by atoms with E-state index in [0.717, 1.165) is 23.4 Å². The maximum Gasteiger partial charge on any atom is 0.272 e. The Labute approximate surface area is 189 Å². The van der Waals surface area contributed by atoms with E-state index in [-0.39, 0.29) is 17.2 Å². The minimum absolute atomic E-state index is 0.0942. The molecule has 2 heterocycles. The number of rotatable bonds is 7. The summed E-state index contributed by atoms with van der Waals surface area (Å²) in [6.45, 7) is 2.50. The molecule has 0 atom stereocenters. The highest BCUT2D eigenvalue weighted by Gasteiger charge is 2.23. The Balaban J connectivity index is 1.54. The monoisotopic (exact) mass is 453 g/mol. The number of nitrogens with zero attached hydrogens (tertiary/aromatic N) is 2. The van der Waals surface area contributed by atoms with Crippen LogP contribution in [-0.4, -0.2) is 34.1 Å². The van der Waals surface area contributed by atoms with Crippen molar-refractivity contribution in [2.75, 3.05) is 18.6 Å². The molecule has 2 aromatic carbocycles. The summed E-state index contributed by atoms with van der Waals surface area (Å²) in [6.07, 6.45) is 0.765. The summed E-state index contributed by atoms with van der Waals surface area (Å²) in [7, 11) is 1.59. The molecule has 4 rings (SSSR count). The molecular weight excluding hydrogens is 430 g/mol. The van der Waals surface area contributed by atoms with Gasteiger partial charge in [-0.25, -0.2) is 4.98 Å². The first-order valence-electron chi connectivity index (χ1n) is 9.93. The van der Waals surface area contributed by atoms with Gasteiger partial charge in [0.2, 0.25) is 5.91 Å². The van der Waals surface area contributed by atoms with E-state index in [9.17, 15) is 9.59 Å². The number of carbonyl (C=O) groups is 1. The lowest BCUT2D eigenvalue weighted by molar-refractivity contribution is -0.118. The maximum atomic E-state index is 13.2. The molecule has 0 fully saturated rings. The van der Waals surface area contributed by atoms with Gasteiger partial charge in [0.05, 0.1) is 29.1 Å². The lowest BCUT2D eigenvalue weighted by atomic mass is 10.1. The van der Waals surface area contributed by atoms with Crippen LogP contribution in [0.15, 0.2) is 63.4 Å². The number of aryl methyl sites for hydroxylation is 2. The van der Waals surface area contributed by atoms with Crippen LogP contribution in [0.3, 0.4) is 0 Å². The van der Waals surface area contributed by atoms with Crippen molar-refractivity contribution in [2.24, 2.45) is 0 Å². The van der Waals surface area contributed by atoms with E-state index in [1.807, 2.05) is 49.4 Å². The molecule has 1 N–H and O–H groups in total. The number of aromatic nitrogens is 2. The van der Waals surface area contributed by atoms with Crippen LogP contribution in [-0.2, 0) is 17.8 Å². The first-order chi connectivity index (χ1) is 15.0. The second kappa shape index (κ2) is 9.62.